The zero-order chi connectivity index (χ0) is 20.4. The maximum Gasteiger partial charge on any atom is 0.0622 e. The van der Waals surface area contributed by atoms with E-state index in [-0.39, 0.29) is 0 Å². The van der Waals surface area contributed by atoms with Crippen molar-refractivity contribution >= 4 is 0 Å². The van der Waals surface area contributed by atoms with Gasteiger partial charge in [0.1, 0.15) is 0 Å². The van der Waals surface area contributed by atoms with Crippen LogP contribution in [0.4, 0.5) is 0 Å². The summed E-state index contributed by atoms with van der Waals surface area (Å²) in [6, 6.07) is 0. The average molecular weight is 391 g/mol. The third-order valence-corrected chi connectivity index (χ3v) is 10.5. The van der Waals surface area contributed by atoms with E-state index in [4.69, 9.17) is 0 Å². The lowest BCUT2D eigenvalue weighted by molar-refractivity contribution is -0.146. The Hall–Kier alpha value is -0.0800. The van der Waals surface area contributed by atoms with Crippen molar-refractivity contribution in [2.45, 2.75) is 123 Å². The maximum atomic E-state index is 10.7. The van der Waals surface area contributed by atoms with Gasteiger partial charge in [-0.25, -0.2) is 0 Å². The largest absolute Gasteiger partial charge is 0.390 e. The van der Waals surface area contributed by atoms with Crippen LogP contribution in [0.15, 0.2) is 0 Å². The average Bonchev–Trinajstić information content (AvgIpc) is 2.91. The minimum atomic E-state index is -0.508. The number of fused-ring (bicyclic) bond motifs is 5. The molecule has 4 rings (SSSR count). The molecular formula is C26H46O2. The molecule has 0 heterocycles. The highest BCUT2D eigenvalue weighted by Gasteiger charge is 2.60. The Kier molecular flexibility index (Phi) is 5.27. The molecule has 4 aliphatic carbocycles. The van der Waals surface area contributed by atoms with E-state index in [9.17, 15) is 10.2 Å². The molecule has 2 nitrogen and oxygen atoms in total. The summed E-state index contributed by atoms with van der Waals surface area (Å²) in [6.45, 7) is 11.2. The normalized spacial score (nSPS) is 51.3. The van der Waals surface area contributed by atoms with Crippen LogP contribution in [-0.2, 0) is 0 Å². The van der Waals surface area contributed by atoms with E-state index in [1.165, 1.54) is 57.8 Å². The monoisotopic (exact) mass is 390 g/mol. The molecule has 4 aliphatic rings. The molecule has 162 valence electrons. The first-order valence-corrected chi connectivity index (χ1v) is 12.4. The molecule has 0 aromatic heterocycles. The number of hydrogen-bond acceptors (Lipinski definition) is 2. The molecule has 0 spiro atoms. The summed E-state index contributed by atoms with van der Waals surface area (Å²) in [5.74, 6) is 4.38. The van der Waals surface area contributed by atoms with Crippen LogP contribution in [0.1, 0.15) is 112 Å². The molecule has 2 heteroatoms. The van der Waals surface area contributed by atoms with Crippen molar-refractivity contribution in [1.82, 2.24) is 0 Å². The van der Waals surface area contributed by atoms with Crippen molar-refractivity contribution in [2.24, 2.45) is 40.4 Å². The number of aliphatic hydroxyl groups is 2. The van der Waals surface area contributed by atoms with Gasteiger partial charge in [-0.05, 0) is 132 Å². The van der Waals surface area contributed by atoms with Gasteiger partial charge >= 0.3 is 0 Å². The van der Waals surface area contributed by atoms with Gasteiger partial charge in [-0.15, -0.1) is 0 Å². The van der Waals surface area contributed by atoms with E-state index in [1.807, 2.05) is 13.8 Å². The summed E-state index contributed by atoms with van der Waals surface area (Å²) >= 11 is 0. The van der Waals surface area contributed by atoms with Crippen LogP contribution in [0, 0.1) is 40.4 Å². The molecule has 0 radical (unpaired) electrons. The van der Waals surface area contributed by atoms with E-state index in [0.29, 0.717) is 10.8 Å². The molecule has 0 amide bonds. The van der Waals surface area contributed by atoms with E-state index >= 15 is 0 Å². The van der Waals surface area contributed by atoms with Crippen molar-refractivity contribution < 1.29 is 10.2 Å². The first-order valence-electron chi connectivity index (χ1n) is 12.4. The summed E-state index contributed by atoms with van der Waals surface area (Å²) in [6.07, 6.45) is 15.2. The number of hydrogen-bond donors (Lipinski definition) is 2. The lowest BCUT2D eigenvalue weighted by Gasteiger charge is -2.62. The van der Waals surface area contributed by atoms with Gasteiger partial charge in [0.2, 0.25) is 0 Å². The van der Waals surface area contributed by atoms with Crippen molar-refractivity contribution in [1.29, 1.82) is 0 Å². The molecule has 0 aromatic rings. The standard InChI is InChI=1S/C26H46O2/c1-23(2,27)13-6-7-18-9-11-21-20-10-8-19-17-24(3,28)15-16-26(19,5)22(20)12-14-25(18,21)4/h18-22,27-28H,6-17H2,1-5H3/t18-,19-,20-,21-,22-,24-,25+,26-/m0/s1. The first-order chi connectivity index (χ1) is 12.9. The molecule has 0 aliphatic heterocycles. The van der Waals surface area contributed by atoms with Crippen LogP contribution < -0.4 is 0 Å². The predicted molar refractivity (Wildman–Crippen MR) is 116 cm³/mol. The van der Waals surface area contributed by atoms with Crippen LogP contribution in [0.3, 0.4) is 0 Å². The molecule has 28 heavy (non-hydrogen) atoms. The first kappa shape index (κ1) is 21.2. The zero-order valence-electron chi connectivity index (χ0n) is 19.3. The van der Waals surface area contributed by atoms with Crippen LogP contribution in [0.2, 0.25) is 0 Å². The van der Waals surface area contributed by atoms with E-state index in [1.54, 1.807) is 0 Å². The van der Waals surface area contributed by atoms with Crippen LogP contribution in [0.25, 0.3) is 0 Å². The van der Waals surface area contributed by atoms with Crippen molar-refractivity contribution in [3.8, 4) is 0 Å². The lowest BCUT2D eigenvalue weighted by atomic mass is 9.44. The minimum absolute atomic E-state index is 0.418. The van der Waals surface area contributed by atoms with E-state index in [2.05, 4.69) is 20.8 Å². The Labute approximate surface area is 173 Å². The van der Waals surface area contributed by atoms with Gasteiger partial charge in [0, 0.05) is 0 Å². The SMILES string of the molecule is CC(C)(O)CCC[C@H]1CC[C@H]2[C@@H]3CC[C@H]4C[C@@](C)(O)CC[C@]4(C)[C@H]3CC[C@]12C. The summed E-state index contributed by atoms with van der Waals surface area (Å²) in [5, 5.41) is 20.8. The molecule has 4 fully saturated rings. The van der Waals surface area contributed by atoms with Crippen molar-refractivity contribution in [2.75, 3.05) is 0 Å². The van der Waals surface area contributed by atoms with E-state index in [0.717, 1.165) is 48.9 Å². The third kappa shape index (κ3) is 3.59. The van der Waals surface area contributed by atoms with Crippen molar-refractivity contribution in [3.63, 3.8) is 0 Å². The highest BCUT2D eigenvalue weighted by Crippen LogP contribution is 2.68. The predicted octanol–water partition coefficient (Wildman–Crippen LogP) is 6.34. The fourth-order valence-electron chi connectivity index (χ4n) is 8.80. The Balaban J connectivity index is 1.46. The fraction of sp³-hybridized carbons (Fsp3) is 1.00. The van der Waals surface area contributed by atoms with Gasteiger partial charge < -0.3 is 10.2 Å². The quantitative estimate of drug-likeness (QED) is 0.588. The lowest BCUT2D eigenvalue weighted by Crippen LogP contribution is -2.55. The Morgan fingerprint density at radius 1 is 0.857 bits per heavy atom. The second-order valence-corrected chi connectivity index (χ2v) is 12.9. The van der Waals surface area contributed by atoms with Crippen LogP contribution in [0.5, 0.6) is 0 Å². The highest BCUT2D eigenvalue weighted by molar-refractivity contribution is 5.10. The third-order valence-electron chi connectivity index (χ3n) is 10.5. The summed E-state index contributed by atoms with van der Waals surface area (Å²) in [5.41, 5.74) is 0.0977. The smallest absolute Gasteiger partial charge is 0.0622 e. The molecule has 0 bridgehead atoms. The van der Waals surface area contributed by atoms with Gasteiger partial charge in [-0.1, -0.05) is 20.3 Å². The van der Waals surface area contributed by atoms with Gasteiger partial charge in [0.05, 0.1) is 11.2 Å². The van der Waals surface area contributed by atoms with Crippen LogP contribution >= 0.6 is 0 Å². The summed E-state index contributed by atoms with van der Waals surface area (Å²) in [7, 11) is 0. The Morgan fingerprint density at radius 3 is 2.29 bits per heavy atom. The molecule has 0 aromatic carbocycles. The van der Waals surface area contributed by atoms with Crippen molar-refractivity contribution in [3.05, 3.63) is 0 Å². The second-order valence-electron chi connectivity index (χ2n) is 12.9. The molecule has 0 saturated heterocycles. The molecule has 2 N–H and O–H groups in total. The fourth-order valence-corrected chi connectivity index (χ4v) is 8.80. The highest BCUT2D eigenvalue weighted by atomic mass is 16.3. The summed E-state index contributed by atoms with van der Waals surface area (Å²) in [4.78, 5) is 0. The van der Waals surface area contributed by atoms with Gasteiger partial charge in [0.15, 0.2) is 0 Å². The molecular weight excluding hydrogens is 344 g/mol. The molecule has 4 saturated carbocycles. The minimum Gasteiger partial charge on any atom is -0.390 e. The summed E-state index contributed by atoms with van der Waals surface area (Å²) < 4.78 is 0. The number of rotatable bonds is 4. The van der Waals surface area contributed by atoms with E-state index < -0.39 is 11.2 Å². The topological polar surface area (TPSA) is 40.5 Å². The van der Waals surface area contributed by atoms with Gasteiger partial charge in [0.25, 0.3) is 0 Å². The maximum absolute atomic E-state index is 10.7. The van der Waals surface area contributed by atoms with Gasteiger partial charge in [-0.3, -0.25) is 0 Å². The zero-order valence-corrected chi connectivity index (χ0v) is 19.3. The molecule has 8 atom stereocenters. The van der Waals surface area contributed by atoms with Crippen LogP contribution in [-0.4, -0.2) is 21.4 Å². The van der Waals surface area contributed by atoms with Gasteiger partial charge in [-0.2, -0.15) is 0 Å². The second kappa shape index (κ2) is 6.98. The Morgan fingerprint density at radius 2 is 1.57 bits per heavy atom. The Bertz CT molecular complexity index is 575. The molecule has 0 unspecified atom stereocenters.